The van der Waals surface area contributed by atoms with E-state index >= 15 is 0 Å². The number of H-pyrrole nitrogens is 1. The van der Waals surface area contributed by atoms with E-state index in [9.17, 15) is 4.79 Å². The van der Waals surface area contributed by atoms with Crippen LogP contribution in [0.15, 0.2) is 53.3 Å². The van der Waals surface area contributed by atoms with Gasteiger partial charge in [0.1, 0.15) is 11.5 Å². The summed E-state index contributed by atoms with van der Waals surface area (Å²) in [7, 11) is 3.18. The van der Waals surface area contributed by atoms with Crippen LogP contribution < -0.4 is 20.8 Å². The van der Waals surface area contributed by atoms with E-state index in [1.54, 1.807) is 26.4 Å². The van der Waals surface area contributed by atoms with Crippen molar-refractivity contribution >= 4 is 45.7 Å². The van der Waals surface area contributed by atoms with Crippen molar-refractivity contribution in [3.05, 3.63) is 69.5 Å². The van der Waals surface area contributed by atoms with Gasteiger partial charge in [-0.3, -0.25) is 4.79 Å². The summed E-state index contributed by atoms with van der Waals surface area (Å²) in [5.41, 5.74) is 9.58. The molecule has 1 fully saturated rings. The number of nitrogens with one attached hydrogen (secondary N) is 1. The summed E-state index contributed by atoms with van der Waals surface area (Å²) in [6.07, 6.45) is 2.25. The first-order chi connectivity index (χ1) is 15.0. The highest BCUT2D eigenvalue weighted by molar-refractivity contribution is 6.37. The summed E-state index contributed by atoms with van der Waals surface area (Å²) >= 11 is 6.56. The van der Waals surface area contributed by atoms with Crippen molar-refractivity contribution in [2.24, 2.45) is 5.73 Å². The first-order valence-corrected chi connectivity index (χ1v) is 10.6. The lowest BCUT2D eigenvalue weighted by molar-refractivity contribution is 0.417. The smallest absolute Gasteiger partial charge is 0.260 e. The SMILES string of the molecule is COc1cc(Cl)c2[nH]c(=O)c3c(OC)cccc3c2c1-c1ccc(C2(CN)CC2)cc1.Cl. The predicted molar refractivity (Wildman–Crippen MR) is 133 cm³/mol. The molecule has 5 rings (SSSR count). The second kappa shape index (κ2) is 8.32. The average Bonchev–Trinajstić information content (AvgIpc) is 3.60. The van der Waals surface area contributed by atoms with Gasteiger partial charge in [-0.05, 0) is 30.0 Å². The van der Waals surface area contributed by atoms with Gasteiger partial charge >= 0.3 is 0 Å². The van der Waals surface area contributed by atoms with E-state index in [-0.39, 0.29) is 23.4 Å². The summed E-state index contributed by atoms with van der Waals surface area (Å²) in [5, 5.41) is 2.50. The predicted octanol–water partition coefficient (Wildman–Crippen LogP) is 5.43. The molecule has 1 aliphatic rings. The highest BCUT2D eigenvalue weighted by Crippen LogP contribution is 2.48. The third kappa shape index (κ3) is 3.32. The molecule has 0 aliphatic heterocycles. The molecule has 166 valence electrons. The zero-order valence-corrected chi connectivity index (χ0v) is 19.4. The number of benzene rings is 3. The van der Waals surface area contributed by atoms with Gasteiger partial charge in [-0.15, -0.1) is 12.4 Å². The van der Waals surface area contributed by atoms with Crippen LogP contribution in [-0.2, 0) is 5.41 Å². The molecule has 3 aromatic carbocycles. The van der Waals surface area contributed by atoms with E-state index in [2.05, 4.69) is 29.2 Å². The Morgan fingerprint density at radius 3 is 2.31 bits per heavy atom. The van der Waals surface area contributed by atoms with Gasteiger partial charge in [0.2, 0.25) is 0 Å². The number of aromatic nitrogens is 1. The zero-order valence-electron chi connectivity index (χ0n) is 17.8. The molecule has 1 heterocycles. The molecule has 1 saturated carbocycles. The van der Waals surface area contributed by atoms with Gasteiger partial charge in [-0.2, -0.15) is 0 Å². The van der Waals surface area contributed by atoms with Crippen molar-refractivity contribution in [2.75, 3.05) is 20.8 Å². The molecule has 0 atom stereocenters. The molecule has 1 aliphatic carbocycles. The van der Waals surface area contributed by atoms with Crippen LogP contribution in [0.25, 0.3) is 32.8 Å². The van der Waals surface area contributed by atoms with Gasteiger partial charge in [0.05, 0.1) is 30.1 Å². The number of pyridine rings is 1. The Hall–Kier alpha value is -2.73. The molecule has 0 bridgehead atoms. The largest absolute Gasteiger partial charge is 0.496 e. The molecule has 0 unspecified atom stereocenters. The molecule has 0 radical (unpaired) electrons. The van der Waals surface area contributed by atoms with E-state index in [1.165, 1.54) is 5.56 Å². The first-order valence-electron chi connectivity index (χ1n) is 10.2. The lowest BCUT2D eigenvalue weighted by Gasteiger charge is -2.18. The van der Waals surface area contributed by atoms with E-state index in [4.69, 9.17) is 26.8 Å². The molecular weight excluding hydrogens is 447 g/mol. The Bertz CT molecular complexity index is 1380. The van der Waals surface area contributed by atoms with Crippen LogP contribution in [-0.4, -0.2) is 25.7 Å². The van der Waals surface area contributed by atoms with Crippen molar-refractivity contribution in [3.8, 4) is 22.6 Å². The highest BCUT2D eigenvalue weighted by atomic mass is 35.5. The number of hydrogen-bond acceptors (Lipinski definition) is 4. The van der Waals surface area contributed by atoms with Crippen LogP contribution in [0.4, 0.5) is 0 Å². The summed E-state index contributed by atoms with van der Waals surface area (Å²) in [4.78, 5) is 15.8. The Balaban J connectivity index is 0.00000245. The third-order valence-electron chi connectivity index (χ3n) is 6.47. The molecule has 32 heavy (non-hydrogen) atoms. The monoisotopic (exact) mass is 470 g/mol. The summed E-state index contributed by atoms with van der Waals surface area (Å²) in [6, 6.07) is 15.8. The lowest BCUT2D eigenvalue weighted by Crippen LogP contribution is -2.19. The van der Waals surface area contributed by atoms with E-state index in [0.29, 0.717) is 34.0 Å². The number of ether oxygens (including phenoxy) is 2. The van der Waals surface area contributed by atoms with Crippen LogP contribution in [0.3, 0.4) is 0 Å². The van der Waals surface area contributed by atoms with Crippen LogP contribution in [0.5, 0.6) is 11.5 Å². The van der Waals surface area contributed by atoms with Crippen LogP contribution in [0.2, 0.25) is 5.02 Å². The molecule has 0 spiro atoms. The van der Waals surface area contributed by atoms with E-state index in [0.717, 1.165) is 34.7 Å². The highest BCUT2D eigenvalue weighted by Gasteiger charge is 2.42. The van der Waals surface area contributed by atoms with Crippen molar-refractivity contribution in [2.45, 2.75) is 18.3 Å². The van der Waals surface area contributed by atoms with Crippen LogP contribution in [0.1, 0.15) is 18.4 Å². The Morgan fingerprint density at radius 1 is 1.03 bits per heavy atom. The van der Waals surface area contributed by atoms with Crippen molar-refractivity contribution in [1.29, 1.82) is 0 Å². The normalized spacial score (nSPS) is 14.2. The number of nitrogens with two attached hydrogens (primary N) is 1. The Morgan fingerprint density at radius 2 is 1.72 bits per heavy atom. The topological polar surface area (TPSA) is 77.3 Å². The Labute approximate surface area is 196 Å². The maximum Gasteiger partial charge on any atom is 0.260 e. The van der Waals surface area contributed by atoms with Gasteiger partial charge < -0.3 is 20.2 Å². The number of halogens is 2. The zero-order chi connectivity index (χ0) is 21.8. The molecule has 0 amide bonds. The van der Waals surface area contributed by atoms with Gasteiger partial charge in [-0.25, -0.2) is 0 Å². The van der Waals surface area contributed by atoms with Gasteiger partial charge in [0, 0.05) is 34.4 Å². The maximum atomic E-state index is 12.9. The van der Waals surface area contributed by atoms with Gasteiger partial charge in [0.25, 0.3) is 5.56 Å². The number of rotatable bonds is 5. The summed E-state index contributed by atoms with van der Waals surface area (Å²) in [6.45, 7) is 0.658. The minimum absolute atomic E-state index is 0. The van der Waals surface area contributed by atoms with Crippen LogP contribution >= 0.6 is 24.0 Å². The van der Waals surface area contributed by atoms with E-state index in [1.807, 2.05) is 12.1 Å². The second-order valence-corrected chi connectivity index (χ2v) is 8.49. The quantitative estimate of drug-likeness (QED) is 0.381. The van der Waals surface area contributed by atoms with Crippen molar-refractivity contribution in [1.82, 2.24) is 4.98 Å². The van der Waals surface area contributed by atoms with Crippen molar-refractivity contribution in [3.63, 3.8) is 0 Å². The fourth-order valence-electron chi connectivity index (χ4n) is 4.54. The minimum atomic E-state index is -0.244. The molecule has 5 nitrogen and oxygen atoms in total. The fraction of sp³-hybridized carbons (Fsp3) is 0.240. The van der Waals surface area contributed by atoms with Crippen LogP contribution in [0, 0.1) is 0 Å². The lowest BCUT2D eigenvalue weighted by atomic mass is 9.91. The molecule has 4 aromatic rings. The average molecular weight is 471 g/mol. The van der Waals surface area contributed by atoms with Crippen molar-refractivity contribution < 1.29 is 9.47 Å². The maximum absolute atomic E-state index is 12.9. The van der Waals surface area contributed by atoms with E-state index < -0.39 is 0 Å². The number of aromatic amines is 1. The number of fused-ring (bicyclic) bond motifs is 3. The molecule has 0 saturated heterocycles. The summed E-state index contributed by atoms with van der Waals surface area (Å²) < 4.78 is 11.2. The fourth-order valence-corrected chi connectivity index (χ4v) is 4.78. The number of hydrogen-bond donors (Lipinski definition) is 2. The number of methoxy groups -OCH3 is 2. The third-order valence-corrected chi connectivity index (χ3v) is 6.77. The summed E-state index contributed by atoms with van der Waals surface area (Å²) in [5.74, 6) is 1.15. The first kappa shape index (κ1) is 22.5. The molecule has 1 aromatic heterocycles. The minimum Gasteiger partial charge on any atom is -0.496 e. The standard InChI is InChI=1S/C25H23ClN2O3.ClH/c1-30-18-5-3-4-16-21(18)24(29)28-23-17(26)12-19(31-2)20(22(16)23)14-6-8-15(9-7-14)25(13-27)10-11-25;/h3-9,12H,10-11,13,27H2,1-2H3,(H,28,29);1H. The van der Waals surface area contributed by atoms with Gasteiger partial charge in [0.15, 0.2) is 0 Å². The van der Waals surface area contributed by atoms with Gasteiger partial charge in [-0.1, -0.05) is 48.0 Å². The Kier molecular flexibility index (Phi) is 5.84. The second-order valence-electron chi connectivity index (χ2n) is 8.08. The molecule has 3 N–H and O–H groups in total. The molecular formula is C25H24Cl2N2O3. The molecule has 7 heteroatoms.